The number of carbonyl (C=O) groups is 1. The molecule has 1 heterocycles. The van der Waals surface area contributed by atoms with Crippen LogP contribution >= 0.6 is 11.6 Å². The molecular weight excluding hydrogens is 414 g/mol. The summed E-state index contributed by atoms with van der Waals surface area (Å²) in [7, 11) is 0. The summed E-state index contributed by atoms with van der Waals surface area (Å²) in [5.74, 6) is -3.90. The molecule has 4 nitrogen and oxygen atoms in total. The largest absolute Gasteiger partial charge is 0.443 e. The number of aromatic nitrogens is 2. The molecule has 1 aromatic heterocycles. The number of hydrogen-bond acceptors (Lipinski definition) is 3. The van der Waals surface area contributed by atoms with E-state index in [1.165, 1.54) is 12.1 Å². The first-order valence-corrected chi connectivity index (χ1v) is 8.60. The molecular formula is C17H17ClF6N2O2. The van der Waals surface area contributed by atoms with Crippen LogP contribution in [-0.2, 0) is 17.0 Å². The van der Waals surface area contributed by atoms with Crippen molar-refractivity contribution in [2.75, 3.05) is 0 Å². The molecule has 156 valence electrons. The van der Waals surface area contributed by atoms with Gasteiger partial charge in [-0.1, -0.05) is 12.1 Å². The van der Waals surface area contributed by atoms with Gasteiger partial charge in [0.25, 0.3) is 0 Å². The van der Waals surface area contributed by atoms with Crippen LogP contribution in [0.3, 0.4) is 0 Å². The Morgan fingerprint density at radius 3 is 2.18 bits per heavy atom. The maximum absolute atomic E-state index is 12.9. The molecule has 0 unspecified atom stereocenters. The van der Waals surface area contributed by atoms with Crippen LogP contribution in [0.2, 0.25) is 0 Å². The number of benzene rings is 1. The molecule has 1 aromatic carbocycles. The first-order valence-electron chi connectivity index (χ1n) is 8.07. The van der Waals surface area contributed by atoms with Crippen molar-refractivity contribution in [3.05, 3.63) is 29.6 Å². The first-order chi connectivity index (χ1) is 12.6. The lowest BCUT2D eigenvalue weighted by molar-refractivity contribution is -0.283. The standard InChI is InChI=1S/C17H17ClF6N2O2/c1-15(2,3)28-14(27)26-10-6-4-5-9(13(10)25-12(26)8-18)7-11(16(19,20)21)17(22,23)24/h4-6,11H,7-8H2,1-3H3. The predicted octanol–water partition coefficient (Wildman–Crippen LogP) is 5.84. The van der Waals surface area contributed by atoms with Crippen LogP contribution in [0.25, 0.3) is 11.0 Å². The number of halogens is 7. The highest BCUT2D eigenvalue weighted by molar-refractivity contribution is 6.17. The number of nitrogens with zero attached hydrogens (tertiary/aromatic N) is 2. The van der Waals surface area contributed by atoms with Crippen molar-refractivity contribution >= 4 is 28.7 Å². The van der Waals surface area contributed by atoms with Crippen molar-refractivity contribution in [2.45, 2.75) is 51.0 Å². The van der Waals surface area contributed by atoms with E-state index in [1.807, 2.05) is 0 Å². The summed E-state index contributed by atoms with van der Waals surface area (Å²) in [6, 6.07) is 3.71. The molecule has 0 amide bonds. The zero-order chi connectivity index (χ0) is 21.5. The van der Waals surface area contributed by atoms with Crippen LogP contribution in [0.15, 0.2) is 18.2 Å². The van der Waals surface area contributed by atoms with Gasteiger partial charge in [0.2, 0.25) is 0 Å². The molecule has 0 fully saturated rings. The van der Waals surface area contributed by atoms with Crippen molar-refractivity contribution in [1.82, 2.24) is 9.55 Å². The number of fused-ring (bicyclic) bond motifs is 1. The molecule has 0 radical (unpaired) electrons. The Morgan fingerprint density at radius 2 is 1.71 bits per heavy atom. The maximum Gasteiger partial charge on any atom is 0.420 e. The monoisotopic (exact) mass is 430 g/mol. The highest BCUT2D eigenvalue weighted by Gasteiger charge is 2.56. The summed E-state index contributed by atoms with van der Waals surface area (Å²) in [6.45, 7) is 4.81. The Labute approximate surface area is 161 Å². The van der Waals surface area contributed by atoms with Crippen LogP contribution in [0.1, 0.15) is 32.2 Å². The van der Waals surface area contributed by atoms with Gasteiger partial charge in [-0.25, -0.2) is 14.3 Å². The highest BCUT2D eigenvalue weighted by Crippen LogP contribution is 2.42. The number of hydrogen-bond donors (Lipinski definition) is 0. The topological polar surface area (TPSA) is 44.1 Å². The van der Waals surface area contributed by atoms with Crippen LogP contribution in [0.4, 0.5) is 31.1 Å². The Kier molecular flexibility index (Phi) is 5.94. The molecule has 0 aliphatic heterocycles. The zero-order valence-corrected chi connectivity index (χ0v) is 15.8. The van der Waals surface area contributed by atoms with Crippen LogP contribution in [-0.4, -0.2) is 33.6 Å². The van der Waals surface area contributed by atoms with Gasteiger partial charge in [0.1, 0.15) is 11.4 Å². The minimum absolute atomic E-state index is 0.0190. The number of ether oxygens (including phenoxy) is 1. The Bertz CT molecular complexity index is 853. The molecule has 2 rings (SSSR count). The van der Waals surface area contributed by atoms with Gasteiger partial charge in [-0.15, -0.1) is 11.6 Å². The molecule has 0 spiro atoms. The van der Waals surface area contributed by atoms with E-state index in [9.17, 15) is 31.1 Å². The zero-order valence-electron chi connectivity index (χ0n) is 15.1. The summed E-state index contributed by atoms with van der Waals surface area (Å²) in [5.41, 5.74) is -1.33. The Morgan fingerprint density at radius 1 is 1.14 bits per heavy atom. The second-order valence-corrected chi connectivity index (χ2v) is 7.37. The Hall–Kier alpha value is -1.97. The lowest BCUT2D eigenvalue weighted by Gasteiger charge is -2.23. The fourth-order valence-corrected chi connectivity index (χ4v) is 2.79. The minimum atomic E-state index is -5.48. The molecule has 28 heavy (non-hydrogen) atoms. The molecule has 0 N–H and O–H groups in total. The van der Waals surface area contributed by atoms with Gasteiger partial charge in [-0.2, -0.15) is 26.3 Å². The predicted molar refractivity (Wildman–Crippen MR) is 90.2 cm³/mol. The van der Waals surface area contributed by atoms with E-state index in [0.717, 1.165) is 10.6 Å². The second-order valence-electron chi connectivity index (χ2n) is 7.10. The van der Waals surface area contributed by atoms with Crippen molar-refractivity contribution < 1.29 is 35.9 Å². The normalized spacial score (nSPS) is 13.4. The molecule has 0 aliphatic rings. The quantitative estimate of drug-likeness (QED) is 0.454. The SMILES string of the molecule is CC(C)(C)OC(=O)n1c(CCl)nc2c(CC(C(F)(F)F)C(F)(F)F)cccc21. The molecule has 0 saturated carbocycles. The van der Waals surface area contributed by atoms with Gasteiger partial charge in [-0.3, -0.25) is 0 Å². The average Bonchev–Trinajstić information content (AvgIpc) is 2.87. The van der Waals surface area contributed by atoms with Gasteiger partial charge in [0, 0.05) is 0 Å². The summed E-state index contributed by atoms with van der Waals surface area (Å²) in [4.78, 5) is 16.4. The van der Waals surface area contributed by atoms with E-state index in [1.54, 1.807) is 20.8 Å². The molecule has 2 aromatic rings. The smallest absolute Gasteiger partial charge is 0.420 e. The van der Waals surface area contributed by atoms with E-state index in [4.69, 9.17) is 16.3 Å². The van der Waals surface area contributed by atoms with Crippen molar-refractivity contribution in [2.24, 2.45) is 5.92 Å². The summed E-state index contributed by atoms with van der Waals surface area (Å²) >= 11 is 5.77. The van der Waals surface area contributed by atoms with Crippen LogP contribution < -0.4 is 0 Å². The first kappa shape index (κ1) is 22.3. The van der Waals surface area contributed by atoms with Gasteiger partial charge >= 0.3 is 18.4 Å². The number of alkyl halides is 7. The highest BCUT2D eigenvalue weighted by atomic mass is 35.5. The molecule has 11 heteroatoms. The van der Waals surface area contributed by atoms with Gasteiger partial charge in [0.15, 0.2) is 5.92 Å². The molecule has 0 saturated heterocycles. The van der Waals surface area contributed by atoms with Gasteiger partial charge < -0.3 is 4.74 Å². The van der Waals surface area contributed by atoms with Gasteiger partial charge in [-0.05, 0) is 38.8 Å². The number of carbonyl (C=O) groups excluding carboxylic acids is 1. The van der Waals surface area contributed by atoms with E-state index < -0.39 is 36.4 Å². The molecule has 0 atom stereocenters. The summed E-state index contributed by atoms with van der Waals surface area (Å²) in [6.07, 6.45) is -13.2. The van der Waals surface area contributed by atoms with Gasteiger partial charge in [0.05, 0.1) is 16.9 Å². The van der Waals surface area contributed by atoms with E-state index in [0.29, 0.717) is 0 Å². The van der Waals surface area contributed by atoms with Crippen molar-refractivity contribution in [3.63, 3.8) is 0 Å². The number of imidazole rings is 1. The number of rotatable bonds is 3. The second kappa shape index (κ2) is 7.46. The van der Waals surface area contributed by atoms with E-state index >= 15 is 0 Å². The Balaban J connectivity index is 2.58. The lowest BCUT2D eigenvalue weighted by atomic mass is 9.97. The number of para-hydroxylation sites is 1. The van der Waals surface area contributed by atoms with Crippen molar-refractivity contribution in [3.8, 4) is 0 Å². The van der Waals surface area contributed by atoms with Crippen LogP contribution in [0, 0.1) is 5.92 Å². The molecule has 0 aliphatic carbocycles. The fraction of sp³-hybridized carbons (Fsp3) is 0.529. The third kappa shape index (κ3) is 4.89. The van der Waals surface area contributed by atoms with E-state index in [-0.39, 0.29) is 28.3 Å². The maximum atomic E-state index is 12.9. The lowest BCUT2D eigenvalue weighted by Crippen LogP contribution is -2.38. The minimum Gasteiger partial charge on any atom is -0.443 e. The molecule has 0 bridgehead atoms. The van der Waals surface area contributed by atoms with Crippen molar-refractivity contribution in [1.29, 1.82) is 0 Å². The summed E-state index contributed by atoms with van der Waals surface area (Å²) < 4.78 is 83.7. The fourth-order valence-electron chi connectivity index (χ4n) is 2.61. The average molecular weight is 431 g/mol. The third-order valence-corrected chi connectivity index (χ3v) is 3.99. The van der Waals surface area contributed by atoms with E-state index in [2.05, 4.69) is 4.98 Å². The van der Waals surface area contributed by atoms with Crippen LogP contribution in [0.5, 0.6) is 0 Å². The third-order valence-electron chi connectivity index (χ3n) is 3.75. The summed E-state index contributed by atoms with van der Waals surface area (Å²) in [5, 5.41) is 0.